The maximum absolute atomic E-state index is 3.86. The van der Waals surface area contributed by atoms with Gasteiger partial charge in [-0.15, -0.1) is 23.1 Å². The summed E-state index contributed by atoms with van der Waals surface area (Å²) in [6.07, 6.45) is 1.94. The number of hydrogen-bond donors (Lipinski definition) is 0. The number of rotatable bonds is 3. The van der Waals surface area contributed by atoms with Crippen molar-refractivity contribution in [3.05, 3.63) is 35.7 Å². The number of benzene rings is 1. The fourth-order valence-electron chi connectivity index (χ4n) is 1.44. The van der Waals surface area contributed by atoms with Crippen molar-refractivity contribution in [2.75, 3.05) is 5.75 Å². The first-order chi connectivity index (χ1) is 6.85. The van der Waals surface area contributed by atoms with Crippen LogP contribution in [0.25, 0.3) is 16.2 Å². The van der Waals surface area contributed by atoms with Gasteiger partial charge < -0.3 is 0 Å². The molecular formula is C12H12S2. The van der Waals surface area contributed by atoms with Crippen LogP contribution in [-0.4, -0.2) is 5.75 Å². The molecule has 0 aliphatic rings. The minimum atomic E-state index is 1.11. The third kappa shape index (κ3) is 1.72. The summed E-state index contributed by atoms with van der Waals surface area (Å²) in [5, 5.41) is 3.48. The van der Waals surface area contributed by atoms with E-state index in [1.165, 1.54) is 20.5 Å². The van der Waals surface area contributed by atoms with Crippen LogP contribution in [0.1, 0.15) is 12.5 Å². The van der Waals surface area contributed by atoms with Gasteiger partial charge in [0.25, 0.3) is 0 Å². The standard InChI is InChI=1S/C12H12S2/c1-3-9-7-12-10(5-6-14-12)8-11(9)13-4-2/h3,5-8H,1,4H2,2H3. The van der Waals surface area contributed by atoms with Gasteiger partial charge in [-0.3, -0.25) is 0 Å². The summed E-state index contributed by atoms with van der Waals surface area (Å²) in [4.78, 5) is 1.34. The van der Waals surface area contributed by atoms with Gasteiger partial charge in [0.1, 0.15) is 0 Å². The van der Waals surface area contributed by atoms with E-state index in [0.29, 0.717) is 0 Å². The van der Waals surface area contributed by atoms with Crippen molar-refractivity contribution in [2.24, 2.45) is 0 Å². The van der Waals surface area contributed by atoms with Crippen LogP contribution < -0.4 is 0 Å². The first-order valence-electron chi connectivity index (χ1n) is 4.61. The first kappa shape index (κ1) is 9.81. The molecule has 0 amide bonds. The fraction of sp³-hybridized carbons (Fsp3) is 0.167. The second-order valence-electron chi connectivity index (χ2n) is 2.99. The van der Waals surface area contributed by atoms with Gasteiger partial charge in [0.15, 0.2) is 0 Å². The highest BCUT2D eigenvalue weighted by molar-refractivity contribution is 7.99. The van der Waals surface area contributed by atoms with Crippen LogP contribution in [0.15, 0.2) is 35.1 Å². The molecule has 0 saturated heterocycles. The summed E-state index contributed by atoms with van der Waals surface area (Å²) in [5.41, 5.74) is 1.26. The minimum Gasteiger partial charge on any atom is -0.144 e. The summed E-state index contributed by atoms with van der Waals surface area (Å²) in [5.74, 6) is 1.11. The molecule has 0 aliphatic carbocycles. The fourth-order valence-corrected chi connectivity index (χ4v) is 3.09. The number of hydrogen-bond acceptors (Lipinski definition) is 2. The number of thioether (sulfide) groups is 1. The summed E-state index contributed by atoms with van der Waals surface area (Å²) in [6.45, 7) is 6.03. The Morgan fingerprint density at radius 1 is 1.50 bits per heavy atom. The molecule has 2 aromatic rings. The van der Waals surface area contributed by atoms with Gasteiger partial charge in [-0.05, 0) is 40.3 Å². The van der Waals surface area contributed by atoms with Crippen LogP contribution in [0.5, 0.6) is 0 Å². The predicted octanol–water partition coefficient (Wildman–Crippen LogP) is 4.66. The monoisotopic (exact) mass is 220 g/mol. The first-order valence-corrected chi connectivity index (χ1v) is 6.48. The highest BCUT2D eigenvalue weighted by Crippen LogP contribution is 2.31. The average molecular weight is 220 g/mol. The van der Waals surface area contributed by atoms with Crippen molar-refractivity contribution < 1.29 is 0 Å². The van der Waals surface area contributed by atoms with E-state index in [-0.39, 0.29) is 0 Å². The van der Waals surface area contributed by atoms with E-state index in [9.17, 15) is 0 Å². The van der Waals surface area contributed by atoms with Gasteiger partial charge in [0.2, 0.25) is 0 Å². The zero-order valence-electron chi connectivity index (χ0n) is 8.12. The van der Waals surface area contributed by atoms with Crippen LogP contribution in [-0.2, 0) is 0 Å². The Bertz CT molecular complexity index is 454. The molecule has 0 nitrogen and oxygen atoms in total. The smallest absolute Gasteiger partial charge is 0.0349 e. The third-order valence-electron chi connectivity index (χ3n) is 2.10. The lowest BCUT2D eigenvalue weighted by Crippen LogP contribution is -1.79. The maximum atomic E-state index is 3.86. The lowest BCUT2D eigenvalue weighted by molar-refractivity contribution is 1.44. The zero-order valence-corrected chi connectivity index (χ0v) is 9.75. The van der Waals surface area contributed by atoms with E-state index in [0.717, 1.165) is 5.75 Å². The summed E-state index contributed by atoms with van der Waals surface area (Å²) < 4.78 is 1.35. The molecule has 1 heterocycles. The molecule has 1 aromatic heterocycles. The Morgan fingerprint density at radius 2 is 2.36 bits per heavy atom. The molecule has 72 valence electrons. The van der Waals surface area contributed by atoms with Crippen molar-refractivity contribution in [1.29, 1.82) is 0 Å². The molecule has 0 radical (unpaired) electrons. The molecule has 2 heteroatoms. The SMILES string of the molecule is C=Cc1cc2sccc2cc1SCC. The number of fused-ring (bicyclic) bond motifs is 1. The Labute approximate surface area is 92.6 Å². The average Bonchev–Trinajstić information content (AvgIpc) is 2.64. The maximum Gasteiger partial charge on any atom is 0.0349 e. The molecule has 0 atom stereocenters. The third-order valence-corrected chi connectivity index (χ3v) is 3.94. The highest BCUT2D eigenvalue weighted by atomic mass is 32.2. The van der Waals surface area contributed by atoms with Crippen molar-refractivity contribution >= 4 is 39.3 Å². The Morgan fingerprint density at radius 3 is 3.07 bits per heavy atom. The second kappa shape index (κ2) is 4.20. The molecule has 0 saturated carbocycles. The van der Waals surface area contributed by atoms with Gasteiger partial charge >= 0.3 is 0 Å². The van der Waals surface area contributed by atoms with Crippen LogP contribution in [0.4, 0.5) is 0 Å². The Kier molecular flexibility index (Phi) is 2.94. The van der Waals surface area contributed by atoms with E-state index in [1.807, 2.05) is 17.8 Å². The molecule has 0 aliphatic heterocycles. The molecule has 0 spiro atoms. The zero-order chi connectivity index (χ0) is 9.97. The largest absolute Gasteiger partial charge is 0.144 e. The second-order valence-corrected chi connectivity index (χ2v) is 5.24. The molecule has 0 fully saturated rings. The summed E-state index contributed by atoms with van der Waals surface area (Å²) >= 11 is 3.66. The lowest BCUT2D eigenvalue weighted by Gasteiger charge is -2.04. The predicted molar refractivity (Wildman–Crippen MR) is 68.3 cm³/mol. The van der Waals surface area contributed by atoms with Crippen molar-refractivity contribution in [2.45, 2.75) is 11.8 Å². The van der Waals surface area contributed by atoms with Crippen LogP contribution >= 0.6 is 23.1 Å². The van der Waals surface area contributed by atoms with Gasteiger partial charge in [-0.25, -0.2) is 0 Å². The van der Waals surface area contributed by atoms with Crippen LogP contribution in [0.3, 0.4) is 0 Å². The number of thiophene rings is 1. The van der Waals surface area contributed by atoms with Gasteiger partial charge in [-0.1, -0.05) is 19.6 Å². The normalized spacial score (nSPS) is 10.6. The van der Waals surface area contributed by atoms with Crippen molar-refractivity contribution in [3.8, 4) is 0 Å². The Hall–Kier alpha value is -0.730. The molecular weight excluding hydrogens is 208 g/mol. The van der Waals surface area contributed by atoms with E-state index >= 15 is 0 Å². The van der Waals surface area contributed by atoms with E-state index in [1.54, 1.807) is 11.3 Å². The molecule has 14 heavy (non-hydrogen) atoms. The summed E-state index contributed by atoms with van der Waals surface area (Å²) in [7, 11) is 0. The lowest BCUT2D eigenvalue weighted by atomic mass is 10.2. The van der Waals surface area contributed by atoms with E-state index in [4.69, 9.17) is 0 Å². The van der Waals surface area contributed by atoms with Crippen LogP contribution in [0.2, 0.25) is 0 Å². The summed E-state index contributed by atoms with van der Waals surface area (Å²) in [6, 6.07) is 6.66. The molecule has 0 unspecified atom stereocenters. The molecule has 0 bridgehead atoms. The topological polar surface area (TPSA) is 0 Å². The minimum absolute atomic E-state index is 1.11. The Balaban J connectivity index is 2.60. The van der Waals surface area contributed by atoms with Gasteiger partial charge in [-0.2, -0.15) is 0 Å². The van der Waals surface area contributed by atoms with Gasteiger partial charge in [0.05, 0.1) is 0 Å². The molecule has 0 N–H and O–H groups in total. The van der Waals surface area contributed by atoms with Crippen molar-refractivity contribution in [1.82, 2.24) is 0 Å². The quantitative estimate of drug-likeness (QED) is 0.678. The van der Waals surface area contributed by atoms with Crippen LogP contribution in [0, 0.1) is 0 Å². The van der Waals surface area contributed by atoms with E-state index < -0.39 is 0 Å². The molecule has 1 aromatic carbocycles. The van der Waals surface area contributed by atoms with Crippen molar-refractivity contribution in [3.63, 3.8) is 0 Å². The highest BCUT2D eigenvalue weighted by Gasteiger charge is 2.02. The molecule has 2 rings (SSSR count). The van der Waals surface area contributed by atoms with Gasteiger partial charge in [0, 0.05) is 9.60 Å². The van der Waals surface area contributed by atoms with E-state index in [2.05, 4.69) is 37.1 Å².